The molecular formula is C12H16N2O3. The molecule has 1 amide bonds. The van der Waals surface area contributed by atoms with Gasteiger partial charge in [-0.2, -0.15) is 0 Å². The molecule has 0 spiro atoms. The van der Waals surface area contributed by atoms with Crippen LogP contribution in [0.4, 0.5) is 0 Å². The zero-order valence-electron chi connectivity index (χ0n) is 9.79. The lowest BCUT2D eigenvalue weighted by molar-refractivity contribution is 0.0206. The first-order chi connectivity index (χ1) is 8.11. The molecule has 5 heteroatoms. The monoisotopic (exact) mass is 236 g/mol. The van der Waals surface area contributed by atoms with Crippen molar-refractivity contribution in [1.82, 2.24) is 10.3 Å². The largest absolute Gasteiger partial charge is 0.373 e. The molecule has 1 unspecified atom stereocenters. The second-order valence-corrected chi connectivity index (χ2v) is 4.51. The highest BCUT2D eigenvalue weighted by atomic mass is 16.5. The molecule has 1 fully saturated rings. The molecule has 1 aliphatic heterocycles. The van der Waals surface area contributed by atoms with E-state index in [1.54, 1.807) is 0 Å². The Morgan fingerprint density at radius 3 is 3.12 bits per heavy atom. The molecule has 0 aliphatic carbocycles. The van der Waals surface area contributed by atoms with Crippen molar-refractivity contribution in [2.24, 2.45) is 0 Å². The average Bonchev–Trinajstić information content (AvgIpc) is 2.74. The fraction of sp³-hybridized carbons (Fsp3) is 0.500. The van der Waals surface area contributed by atoms with E-state index in [-0.39, 0.29) is 22.5 Å². The number of amides is 1. The van der Waals surface area contributed by atoms with Crippen LogP contribution in [0, 0.1) is 0 Å². The van der Waals surface area contributed by atoms with Crippen molar-refractivity contribution in [2.75, 3.05) is 13.2 Å². The van der Waals surface area contributed by atoms with E-state index in [9.17, 15) is 9.59 Å². The normalized spacial score (nSPS) is 23.6. The Balaban J connectivity index is 1.98. The average molecular weight is 236 g/mol. The van der Waals surface area contributed by atoms with Crippen LogP contribution in [-0.2, 0) is 4.74 Å². The number of nitrogens with one attached hydrogen (secondary N) is 2. The lowest BCUT2D eigenvalue weighted by Crippen LogP contribution is -2.41. The molecule has 0 saturated carbocycles. The van der Waals surface area contributed by atoms with Crippen LogP contribution >= 0.6 is 0 Å². The van der Waals surface area contributed by atoms with Gasteiger partial charge in [0.2, 0.25) is 0 Å². The summed E-state index contributed by atoms with van der Waals surface area (Å²) in [5.41, 5.74) is -0.440. The van der Waals surface area contributed by atoms with Crippen molar-refractivity contribution in [3.8, 4) is 0 Å². The minimum absolute atomic E-state index is 0.133. The first-order valence-electron chi connectivity index (χ1n) is 5.70. The van der Waals surface area contributed by atoms with Crippen LogP contribution in [0.5, 0.6) is 0 Å². The minimum atomic E-state index is -0.358. The minimum Gasteiger partial charge on any atom is -0.373 e. The molecule has 1 aromatic heterocycles. The number of aromatic nitrogens is 1. The van der Waals surface area contributed by atoms with Gasteiger partial charge in [-0.25, -0.2) is 0 Å². The van der Waals surface area contributed by atoms with Crippen LogP contribution in [0.25, 0.3) is 0 Å². The summed E-state index contributed by atoms with van der Waals surface area (Å²) in [6.45, 7) is 3.13. The predicted molar refractivity (Wildman–Crippen MR) is 63.0 cm³/mol. The van der Waals surface area contributed by atoms with E-state index in [1.165, 1.54) is 18.5 Å². The van der Waals surface area contributed by atoms with Crippen molar-refractivity contribution in [3.05, 3.63) is 34.2 Å². The molecule has 0 aromatic carbocycles. The summed E-state index contributed by atoms with van der Waals surface area (Å²) < 4.78 is 5.56. The number of H-pyrrole nitrogens is 1. The van der Waals surface area contributed by atoms with E-state index in [1.807, 2.05) is 6.92 Å². The molecule has 92 valence electrons. The number of rotatable bonds is 3. The summed E-state index contributed by atoms with van der Waals surface area (Å²) in [4.78, 5) is 25.9. The maximum Gasteiger partial charge on any atom is 0.256 e. The van der Waals surface area contributed by atoms with Gasteiger partial charge in [-0.1, -0.05) is 0 Å². The molecule has 2 heterocycles. The Kier molecular flexibility index (Phi) is 3.28. The standard InChI is InChI=1S/C12H16N2O3/c1-12(4-2-6-17-12)8-14-11(16)9-7-13-5-3-10(9)15/h3,5,7H,2,4,6,8H2,1H3,(H,13,15)(H,14,16). The summed E-state index contributed by atoms with van der Waals surface area (Å²) in [6.07, 6.45) is 4.85. The maximum absolute atomic E-state index is 11.8. The van der Waals surface area contributed by atoms with Gasteiger partial charge in [0.1, 0.15) is 5.56 Å². The van der Waals surface area contributed by atoms with Gasteiger partial charge in [-0.05, 0) is 19.8 Å². The van der Waals surface area contributed by atoms with E-state index in [0.717, 1.165) is 19.4 Å². The number of ether oxygens (including phenoxy) is 1. The molecule has 2 N–H and O–H groups in total. The number of carbonyl (C=O) groups is 1. The number of hydrogen-bond donors (Lipinski definition) is 2. The smallest absolute Gasteiger partial charge is 0.256 e. The summed E-state index contributed by atoms with van der Waals surface area (Å²) in [7, 11) is 0. The van der Waals surface area contributed by atoms with Crippen LogP contribution in [0.1, 0.15) is 30.1 Å². The van der Waals surface area contributed by atoms with E-state index < -0.39 is 0 Å². The molecule has 0 radical (unpaired) electrons. The fourth-order valence-electron chi connectivity index (χ4n) is 1.93. The third-order valence-electron chi connectivity index (χ3n) is 2.99. The van der Waals surface area contributed by atoms with E-state index in [0.29, 0.717) is 6.54 Å². The predicted octanol–water partition coefficient (Wildman–Crippen LogP) is 0.674. The van der Waals surface area contributed by atoms with Gasteiger partial charge < -0.3 is 15.0 Å². The summed E-state index contributed by atoms with van der Waals surface area (Å²) in [6, 6.07) is 1.34. The van der Waals surface area contributed by atoms with Gasteiger partial charge in [0, 0.05) is 31.6 Å². The molecule has 2 rings (SSSR count). The Morgan fingerprint density at radius 1 is 1.65 bits per heavy atom. The quantitative estimate of drug-likeness (QED) is 0.810. The Hall–Kier alpha value is -1.62. The topological polar surface area (TPSA) is 71.2 Å². The summed E-state index contributed by atoms with van der Waals surface area (Å²) >= 11 is 0. The third-order valence-corrected chi connectivity index (χ3v) is 2.99. The van der Waals surface area contributed by atoms with Crippen LogP contribution in [0.15, 0.2) is 23.3 Å². The van der Waals surface area contributed by atoms with E-state index in [2.05, 4.69) is 10.3 Å². The highest BCUT2D eigenvalue weighted by molar-refractivity contribution is 5.93. The zero-order valence-corrected chi connectivity index (χ0v) is 9.79. The Morgan fingerprint density at radius 2 is 2.47 bits per heavy atom. The zero-order chi connectivity index (χ0) is 12.3. The lowest BCUT2D eigenvalue weighted by Gasteiger charge is -2.23. The maximum atomic E-state index is 11.8. The number of hydrogen-bond acceptors (Lipinski definition) is 3. The van der Waals surface area contributed by atoms with Crippen molar-refractivity contribution in [3.63, 3.8) is 0 Å². The van der Waals surface area contributed by atoms with Crippen molar-refractivity contribution in [2.45, 2.75) is 25.4 Å². The second kappa shape index (κ2) is 4.71. The van der Waals surface area contributed by atoms with Crippen molar-refractivity contribution < 1.29 is 9.53 Å². The molecule has 1 aromatic rings. The van der Waals surface area contributed by atoms with Crippen LogP contribution in [-0.4, -0.2) is 29.6 Å². The fourth-order valence-corrected chi connectivity index (χ4v) is 1.93. The Bertz CT molecular complexity index is 461. The molecule has 0 bridgehead atoms. The second-order valence-electron chi connectivity index (χ2n) is 4.51. The summed E-state index contributed by atoms with van der Waals surface area (Å²) in [5.74, 6) is -0.358. The van der Waals surface area contributed by atoms with Gasteiger partial charge in [-0.3, -0.25) is 9.59 Å². The highest BCUT2D eigenvalue weighted by Crippen LogP contribution is 2.23. The molecule has 1 aliphatic rings. The van der Waals surface area contributed by atoms with E-state index >= 15 is 0 Å². The van der Waals surface area contributed by atoms with Gasteiger partial charge >= 0.3 is 0 Å². The number of carbonyl (C=O) groups excluding carboxylic acids is 1. The van der Waals surface area contributed by atoms with Gasteiger partial charge in [-0.15, -0.1) is 0 Å². The van der Waals surface area contributed by atoms with Crippen molar-refractivity contribution in [1.29, 1.82) is 0 Å². The molecule has 5 nitrogen and oxygen atoms in total. The van der Waals surface area contributed by atoms with Crippen molar-refractivity contribution >= 4 is 5.91 Å². The molecule has 17 heavy (non-hydrogen) atoms. The van der Waals surface area contributed by atoms with Gasteiger partial charge in [0.25, 0.3) is 5.91 Å². The summed E-state index contributed by atoms with van der Waals surface area (Å²) in [5, 5.41) is 2.74. The van der Waals surface area contributed by atoms with Crippen LogP contribution in [0.3, 0.4) is 0 Å². The first kappa shape index (κ1) is 11.9. The SMILES string of the molecule is CC1(CNC(=O)c2c[nH]ccc2=O)CCCO1. The van der Waals surface area contributed by atoms with Gasteiger partial charge in [0.15, 0.2) is 5.43 Å². The van der Waals surface area contributed by atoms with E-state index in [4.69, 9.17) is 4.74 Å². The van der Waals surface area contributed by atoms with Gasteiger partial charge in [0.05, 0.1) is 5.60 Å². The molecule has 1 atom stereocenters. The highest BCUT2D eigenvalue weighted by Gasteiger charge is 2.30. The molecular weight excluding hydrogens is 220 g/mol. The Labute approximate surface area is 99.2 Å². The lowest BCUT2D eigenvalue weighted by atomic mass is 10.0. The number of aromatic amines is 1. The third kappa shape index (κ3) is 2.74. The molecule has 1 saturated heterocycles. The van der Waals surface area contributed by atoms with Crippen LogP contribution in [0.2, 0.25) is 0 Å². The number of pyridine rings is 1. The first-order valence-corrected chi connectivity index (χ1v) is 5.70. The van der Waals surface area contributed by atoms with Crippen LogP contribution < -0.4 is 10.7 Å².